The molecule has 3 aromatic rings. The summed E-state index contributed by atoms with van der Waals surface area (Å²) in [4.78, 5) is 3.99. The molecule has 0 unspecified atom stereocenters. The van der Waals surface area contributed by atoms with Gasteiger partial charge in [0.1, 0.15) is 5.82 Å². The fourth-order valence-electron chi connectivity index (χ4n) is 2.10. The van der Waals surface area contributed by atoms with E-state index in [0.717, 1.165) is 17.2 Å². The number of rotatable bonds is 4. The van der Waals surface area contributed by atoms with Crippen LogP contribution >= 0.6 is 0 Å². The quantitative estimate of drug-likeness (QED) is 0.578. The van der Waals surface area contributed by atoms with Crippen molar-refractivity contribution in [1.82, 2.24) is 4.98 Å². The SMILES string of the molecule is Fc1ccc(N/N=C(\c2ccccc2)c2ccncc2)c(F)c1. The van der Waals surface area contributed by atoms with Gasteiger partial charge in [-0.25, -0.2) is 8.78 Å². The molecule has 0 amide bonds. The molecule has 0 saturated carbocycles. The summed E-state index contributed by atoms with van der Waals surface area (Å²) in [5.41, 5.74) is 5.11. The Kier molecular flexibility index (Phi) is 4.38. The number of nitrogens with one attached hydrogen (secondary N) is 1. The van der Waals surface area contributed by atoms with Gasteiger partial charge in [0, 0.05) is 29.6 Å². The maximum absolute atomic E-state index is 13.7. The second-order valence-corrected chi connectivity index (χ2v) is 4.80. The van der Waals surface area contributed by atoms with Crippen LogP contribution in [0.3, 0.4) is 0 Å². The van der Waals surface area contributed by atoms with Crippen LogP contribution in [0.4, 0.5) is 14.5 Å². The first-order valence-corrected chi connectivity index (χ1v) is 6.98. The topological polar surface area (TPSA) is 37.3 Å². The molecule has 0 fully saturated rings. The molecule has 1 N–H and O–H groups in total. The summed E-state index contributed by atoms with van der Waals surface area (Å²) >= 11 is 0. The fourth-order valence-corrected chi connectivity index (χ4v) is 2.10. The summed E-state index contributed by atoms with van der Waals surface area (Å²) < 4.78 is 26.7. The second-order valence-electron chi connectivity index (χ2n) is 4.80. The van der Waals surface area contributed by atoms with E-state index in [1.165, 1.54) is 12.1 Å². The molecule has 3 nitrogen and oxygen atoms in total. The molecule has 114 valence electrons. The molecule has 0 aliphatic rings. The van der Waals surface area contributed by atoms with Crippen molar-refractivity contribution >= 4 is 11.4 Å². The van der Waals surface area contributed by atoms with Crippen molar-refractivity contribution in [3.05, 3.63) is 95.8 Å². The van der Waals surface area contributed by atoms with Gasteiger partial charge in [-0.2, -0.15) is 5.10 Å². The summed E-state index contributed by atoms with van der Waals surface area (Å²) in [6, 6.07) is 16.4. The van der Waals surface area contributed by atoms with Crippen LogP contribution in [0.15, 0.2) is 78.2 Å². The average Bonchev–Trinajstić information content (AvgIpc) is 2.59. The third-order valence-electron chi connectivity index (χ3n) is 3.22. The Morgan fingerprint density at radius 3 is 2.26 bits per heavy atom. The van der Waals surface area contributed by atoms with Crippen molar-refractivity contribution in [3.63, 3.8) is 0 Å². The maximum Gasteiger partial charge on any atom is 0.151 e. The van der Waals surface area contributed by atoms with Gasteiger partial charge in [-0.05, 0) is 24.3 Å². The molecule has 0 saturated heterocycles. The Morgan fingerprint density at radius 2 is 1.57 bits per heavy atom. The van der Waals surface area contributed by atoms with Gasteiger partial charge in [-0.15, -0.1) is 0 Å². The molecule has 1 heterocycles. The van der Waals surface area contributed by atoms with Gasteiger partial charge >= 0.3 is 0 Å². The van der Waals surface area contributed by atoms with Gasteiger partial charge in [-0.1, -0.05) is 30.3 Å². The Bertz CT molecular complexity index is 777. The van der Waals surface area contributed by atoms with Crippen LogP contribution in [0.1, 0.15) is 11.1 Å². The van der Waals surface area contributed by atoms with Gasteiger partial charge in [0.2, 0.25) is 0 Å². The summed E-state index contributed by atoms with van der Waals surface area (Å²) in [6.45, 7) is 0. The Balaban J connectivity index is 1.98. The number of hydrazone groups is 1. The van der Waals surface area contributed by atoms with Crippen LogP contribution in [0.2, 0.25) is 0 Å². The zero-order valence-electron chi connectivity index (χ0n) is 12.1. The van der Waals surface area contributed by atoms with Crippen LogP contribution in [0.5, 0.6) is 0 Å². The number of hydrogen-bond acceptors (Lipinski definition) is 3. The smallest absolute Gasteiger partial charge is 0.151 e. The van der Waals surface area contributed by atoms with Gasteiger partial charge in [0.05, 0.1) is 11.4 Å². The molecule has 3 rings (SSSR count). The highest BCUT2D eigenvalue weighted by Gasteiger charge is 2.08. The van der Waals surface area contributed by atoms with E-state index in [4.69, 9.17) is 0 Å². The lowest BCUT2D eigenvalue weighted by molar-refractivity contribution is 0.585. The third-order valence-corrected chi connectivity index (χ3v) is 3.22. The fraction of sp³-hybridized carbons (Fsp3) is 0. The molecule has 5 heteroatoms. The number of hydrogen-bond donors (Lipinski definition) is 1. The number of benzene rings is 2. The predicted octanol–water partition coefficient (Wildman–Crippen LogP) is 4.22. The summed E-state index contributed by atoms with van der Waals surface area (Å²) in [7, 11) is 0. The van der Waals surface area contributed by atoms with Gasteiger partial charge in [0.15, 0.2) is 5.82 Å². The van der Waals surface area contributed by atoms with Crippen LogP contribution < -0.4 is 5.43 Å². The first-order valence-electron chi connectivity index (χ1n) is 6.98. The van der Waals surface area contributed by atoms with Crippen LogP contribution in [-0.2, 0) is 0 Å². The molecule has 1 aromatic heterocycles. The van der Waals surface area contributed by atoms with E-state index in [1.807, 2.05) is 42.5 Å². The summed E-state index contributed by atoms with van der Waals surface area (Å²) in [5, 5.41) is 4.30. The number of pyridine rings is 1. The molecule has 0 radical (unpaired) electrons. The maximum atomic E-state index is 13.7. The number of aromatic nitrogens is 1. The molecule has 0 aliphatic heterocycles. The van der Waals surface area contributed by atoms with Gasteiger partial charge < -0.3 is 0 Å². The minimum Gasteiger partial charge on any atom is -0.275 e. The predicted molar refractivity (Wildman–Crippen MR) is 86.3 cm³/mol. The zero-order chi connectivity index (χ0) is 16.1. The highest BCUT2D eigenvalue weighted by molar-refractivity contribution is 6.13. The summed E-state index contributed by atoms with van der Waals surface area (Å²) in [5.74, 6) is -1.33. The minimum absolute atomic E-state index is 0.105. The van der Waals surface area contributed by atoms with Crippen LogP contribution in [-0.4, -0.2) is 10.7 Å². The van der Waals surface area contributed by atoms with E-state index in [0.29, 0.717) is 5.71 Å². The standard InChI is InChI=1S/C18H13F2N3/c19-15-6-7-17(16(20)12-15)22-23-18(13-4-2-1-3-5-13)14-8-10-21-11-9-14/h1-12,22H/b23-18+. The van der Waals surface area contributed by atoms with E-state index >= 15 is 0 Å². The van der Waals surface area contributed by atoms with Crippen molar-refractivity contribution in [1.29, 1.82) is 0 Å². The molecule has 2 aromatic carbocycles. The lowest BCUT2D eigenvalue weighted by Crippen LogP contribution is -2.07. The van der Waals surface area contributed by atoms with Crippen molar-refractivity contribution in [2.75, 3.05) is 5.43 Å². The molecule has 0 spiro atoms. The molecular weight excluding hydrogens is 296 g/mol. The van der Waals surface area contributed by atoms with Crippen molar-refractivity contribution in [3.8, 4) is 0 Å². The normalized spacial score (nSPS) is 11.3. The minimum atomic E-state index is -0.698. The largest absolute Gasteiger partial charge is 0.275 e. The molecule has 0 bridgehead atoms. The van der Waals surface area contributed by atoms with Gasteiger partial charge in [0.25, 0.3) is 0 Å². The lowest BCUT2D eigenvalue weighted by Gasteiger charge is -2.09. The molecular formula is C18H13F2N3. The van der Waals surface area contributed by atoms with Gasteiger partial charge in [-0.3, -0.25) is 10.4 Å². The first-order chi connectivity index (χ1) is 11.2. The third kappa shape index (κ3) is 3.58. The average molecular weight is 309 g/mol. The van der Waals surface area contributed by atoms with Crippen molar-refractivity contribution in [2.45, 2.75) is 0 Å². The Morgan fingerprint density at radius 1 is 0.870 bits per heavy atom. The van der Waals surface area contributed by atoms with E-state index in [-0.39, 0.29) is 5.69 Å². The van der Waals surface area contributed by atoms with Crippen LogP contribution in [0.25, 0.3) is 0 Å². The zero-order valence-corrected chi connectivity index (χ0v) is 12.1. The summed E-state index contributed by atoms with van der Waals surface area (Å²) in [6.07, 6.45) is 3.32. The molecule has 0 aliphatic carbocycles. The Labute approximate surface area is 132 Å². The number of anilines is 1. The first kappa shape index (κ1) is 14.8. The van der Waals surface area contributed by atoms with Crippen molar-refractivity contribution in [2.24, 2.45) is 5.10 Å². The van der Waals surface area contributed by atoms with Crippen molar-refractivity contribution < 1.29 is 8.78 Å². The molecule has 0 atom stereocenters. The Hall–Kier alpha value is -3.08. The second kappa shape index (κ2) is 6.79. The number of nitrogens with zero attached hydrogens (tertiary/aromatic N) is 2. The highest BCUT2D eigenvalue weighted by Crippen LogP contribution is 2.16. The van der Waals surface area contributed by atoms with Crippen LogP contribution in [0, 0.1) is 11.6 Å². The monoisotopic (exact) mass is 309 g/mol. The highest BCUT2D eigenvalue weighted by atomic mass is 19.1. The van der Waals surface area contributed by atoms with E-state index in [2.05, 4.69) is 15.5 Å². The van der Waals surface area contributed by atoms with E-state index in [9.17, 15) is 8.78 Å². The lowest BCUT2D eigenvalue weighted by atomic mass is 10.0. The van der Waals surface area contributed by atoms with E-state index < -0.39 is 11.6 Å². The van der Waals surface area contributed by atoms with E-state index in [1.54, 1.807) is 12.4 Å². The number of halogens is 2. The molecule has 23 heavy (non-hydrogen) atoms.